The Kier molecular flexibility index (Phi) is 3.09. The maximum Gasteiger partial charge on any atom is 0.308 e. The average molecular weight is 250 g/mol. The van der Waals surface area contributed by atoms with E-state index in [1.165, 1.54) is 4.68 Å². The zero-order valence-corrected chi connectivity index (χ0v) is 10.3. The van der Waals surface area contributed by atoms with Crippen molar-refractivity contribution in [2.45, 2.75) is 19.9 Å². The molecular weight excluding hydrogens is 236 g/mol. The number of carboxylic acid groups (broad SMARTS) is 1. The summed E-state index contributed by atoms with van der Waals surface area (Å²) in [6, 6.07) is 1.43. The van der Waals surface area contributed by atoms with Crippen LogP contribution in [0.2, 0.25) is 0 Å². The second-order valence-corrected chi connectivity index (χ2v) is 4.15. The Hall–Kier alpha value is -2.25. The Labute approximate surface area is 103 Å². The van der Waals surface area contributed by atoms with Crippen molar-refractivity contribution in [2.75, 3.05) is 0 Å². The molecule has 0 aliphatic rings. The fourth-order valence-electron chi connectivity index (χ4n) is 1.65. The summed E-state index contributed by atoms with van der Waals surface area (Å²) in [5, 5.41) is 24.5. The number of hydrogen-bond acceptors (Lipinski definition) is 5. The van der Waals surface area contributed by atoms with Crippen LogP contribution in [0.25, 0.3) is 11.5 Å². The molecule has 2 aromatic rings. The Balaban J connectivity index is 2.40. The van der Waals surface area contributed by atoms with Crippen LogP contribution >= 0.6 is 0 Å². The summed E-state index contributed by atoms with van der Waals surface area (Å²) in [5.74, 6) is -0.954. The van der Waals surface area contributed by atoms with Gasteiger partial charge in [0.05, 0.1) is 12.0 Å². The molecule has 2 unspecified atom stereocenters. The molecule has 0 saturated carbocycles. The van der Waals surface area contributed by atoms with E-state index in [0.717, 1.165) is 5.69 Å². The third kappa shape index (κ3) is 1.96. The normalized spacial score (nSPS) is 14.4. The van der Waals surface area contributed by atoms with Crippen molar-refractivity contribution in [3.63, 3.8) is 0 Å². The van der Waals surface area contributed by atoms with E-state index in [0.29, 0.717) is 5.82 Å². The SMILES string of the molecule is CC(C(=O)O)C(C)n1nnnc1-c1ccnn1C. The van der Waals surface area contributed by atoms with Crippen molar-refractivity contribution in [3.05, 3.63) is 12.3 Å². The summed E-state index contributed by atoms with van der Waals surface area (Å²) in [5.41, 5.74) is 0.740. The number of aryl methyl sites for hydroxylation is 1. The molecule has 1 N–H and O–H groups in total. The number of aromatic nitrogens is 6. The van der Waals surface area contributed by atoms with Gasteiger partial charge in [0.15, 0.2) is 0 Å². The van der Waals surface area contributed by atoms with Gasteiger partial charge in [-0.05, 0) is 30.3 Å². The first-order valence-corrected chi connectivity index (χ1v) is 5.51. The highest BCUT2D eigenvalue weighted by molar-refractivity contribution is 5.70. The van der Waals surface area contributed by atoms with Crippen LogP contribution in [-0.4, -0.2) is 41.1 Å². The van der Waals surface area contributed by atoms with Gasteiger partial charge in [-0.25, -0.2) is 4.68 Å². The summed E-state index contributed by atoms with van der Waals surface area (Å²) in [4.78, 5) is 11.0. The maximum atomic E-state index is 11.0. The Morgan fingerprint density at radius 2 is 2.17 bits per heavy atom. The molecule has 0 aromatic carbocycles. The van der Waals surface area contributed by atoms with Crippen LogP contribution in [0.5, 0.6) is 0 Å². The number of rotatable bonds is 4. The van der Waals surface area contributed by atoms with Crippen molar-refractivity contribution < 1.29 is 9.90 Å². The second kappa shape index (κ2) is 4.55. The molecule has 2 heterocycles. The summed E-state index contributed by atoms with van der Waals surface area (Å²) >= 11 is 0. The first-order valence-electron chi connectivity index (χ1n) is 5.51. The molecule has 0 saturated heterocycles. The highest BCUT2D eigenvalue weighted by atomic mass is 16.4. The van der Waals surface area contributed by atoms with Gasteiger partial charge in [-0.15, -0.1) is 5.10 Å². The molecule has 8 nitrogen and oxygen atoms in total. The van der Waals surface area contributed by atoms with E-state index in [4.69, 9.17) is 5.11 Å². The first kappa shape index (κ1) is 12.2. The minimum absolute atomic E-state index is 0.345. The molecule has 0 radical (unpaired) electrons. The lowest BCUT2D eigenvalue weighted by molar-refractivity contribution is -0.142. The van der Waals surface area contributed by atoms with Gasteiger partial charge in [0.2, 0.25) is 5.82 Å². The molecule has 2 atom stereocenters. The van der Waals surface area contributed by atoms with Crippen LogP contribution in [0.4, 0.5) is 0 Å². The molecule has 0 spiro atoms. The zero-order valence-electron chi connectivity index (χ0n) is 10.3. The van der Waals surface area contributed by atoms with E-state index in [1.54, 1.807) is 37.8 Å². The number of nitrogens with zero attached hydrogens (tertiary/aromatic N) is 6. The van der Waals surface area contributed by atoms with Crippen molar-refractivity contribution in [1.29, 1.82) is 0 Å². The van der Waals surface area contributed by atoms with E-state index in [2.05, 4.69) is 20.6 Å². The van der Waals surface area contributed by atoms with Gasteiger partial charge in [-0.3, -0.25) is 9.48 Å². The predicted octanol–water partition coefficient (Wildman–Crippen LogP) is 0.355. The van der Waals surface area contributed by atoms with Gasteiger partial charge in [0, 0.05) is 13.2 Å². The van der Waals surface area contributed by atoms with E-state index < -0.39 is 11.9 Å². The van der Waals surface area contributed by atoms with Gasteiger partial charge >= 0.3 is 5.97 Å². The Morgan fingerprint density at radius 1 is 1.44 bits per heavy atom. The third-order valence-electron chi connectivity index (χ3n) is 3.04. The standard InChI is InChI=1S/C10H14N6O2/c1-6(10(17)18)7(2)16-9(12-13-14-16)8-4-5-11-15(8)3/h4-7H,1-3H3,(H,17,18). The van der Waals surface area contributed by atoms with E-state index in [-0.39, 0.29) is 6.04 Å². The molecule has 96 valence electrons. The predicted molar refractivity (Wildman–Crippen MR) is 61.5 cm³/mol. The lowest BCUT2D eigenvalue weighted by Crippen LogP contribution is -2.23. The molecule has 0 fully saturated rings. The van der Waals surface area contributed by atoms with Gasteiger partial charge in [-0.1, -0.05) is 0 Å². The molecule has 0 amide bonds. The fourth-order valence-corrected chi connectivity index (χ4v) is 1.65. The van der Waals surface area contributed by atoms with E-state index in [1.807, 2.05) is 0 Å². The Morgan fingerprint density at radius 3 is 2.72 bits per heavy atom. The number of carbonyl (C=O) groups is 1. The molecule has 2 aromatic heterocycles. The fraction of sp³-hybridized carbons (Fsp3) is 0.500. The maximum absolute atomic E-state index is 11.0. The topological polar surface area (TPSA) is 98.7 Å². The number of aliphatic carboxylic acids is 1. The molecule has 8 heteroatoms. The highest BCUT2D eigenvalue weighted by Gasteiger charge is 2.25. The van der Waals surface area contributed by atoms with Crippen molar-refractivity contribution in [3.8, 4) is 11.5 Å². The summed E-state index contributed by atoms with van der Waals surface area (Å²) < 4.78 is 3.15. The van der Waals surface area contributed by atoms with Gasteiger partial charge in [-0.2, -0.15) is 5.10 Å². The van der Waals surface area contributed by atoms with Crippen LogP contribution < -0.4 is 0 Å². The lowest BCUT2D eigenvalue weighted by Gasteiger charge is -2.17. The monoisotopic (exact) mass is 250 g/mol. The molecule has 2 rings (SSSR count). The van der Waals surface area contributed by atoms with Crippen LogP contribution in [0.3, 0.4) is 0 Å². The third-order valence-corrected chi connectivity index (χ3v) is 3.04. The summed E-state index contributed by atoms with van der Waals surface area (Å²) in [7, 11) is 1.78. The number of carboxylic acids is 1. The smallest absolute Gasteiger partial charge is 0.308 e. The van der Waals surface area contributed by atoms with Crippen LogP contribution in [0, 0.1) is 5.92 Å². The van der Waals surface area contributed by atoms with E-state index in [9.17, 15) is 4.79 Å². The van der Waals surface area contributed by atoms with Gasteiger partial charge in [0.25, 0.3) is 0 Å². The molecule has 0 bridgehead atoms. The first-order chi connectivity index (χ1) is 8.52. The summed E-state index contributed by atoms with van der Waals surface area (Å²) in [6.45, 7) is 3.40. The number of hydrogen-bond donors (Lipinski definition) is 1. The van der Waals surface area contributed by atoms with Gasteiger partial charge in [0.1, 0.15) is 5.69 Å². The average Bonchev–Trinajstić information content (AvgIpc) is 2.94. The molecule has 18 heavy (non-hydrogen) atoms. The minimum atomic E-state index is -0.881. The van der Waals surface area contributed by atoms with Crippen LogP contribution in [0.15, 0.2) is 12.3 Å². The second-order valence-electron chi connectivity index (χ2n) is 4.15. The van der Waals surface area contributed by atoms with Crippen molar-refractivity contribution >= 4 is 5.97 Å². The number of tetrazole rings is 1. The quantitative estimate of drug-likeness (QED) is 0.840. The minimum Gasteiger partial charge on any atom is -0.481 e. The van der Waals surface area contributed by atoms with Crippen LogP contribution in [0.1, 0.15) is 19.9 Å². The van der Waals surface area contributed by atoms with Crippen molar-refractivity contribution in [1.82, 2.24) is 30.0 Å². The van der Waals surface area contributed by atoms with Gasteiger partial charge < -0.3 is 5.11 Å². The van der Waals surface area contributed by atoms with E-state index >= 15 is 0 Å². The zero-order chi connectivity index (χ0) is 13.3. The highest BCUT2D eigenvalue weighted by Crippen LogP contribution is 2.22. The van der Waals surface area contributed by atoms with Crippen molar-refractivity contribution in [2.24, 2.45) is 13.0 Å². The summed E-state index contributed by atoms with van der Waals surface area (Å²) in [6.07, 6.45) is 1.64. The lowest BCUT2D eigenvalue weighted by atomic mass is 10.0. The van der Waals surface area contributed by atoms with Crippen LogP contribution in [-0.2, 0) is 11.8 Å². The molecule has 0 aliphatic carbocycles. The largest absolute Gasteiger partial charge is 0.481 e. The Bertz CT molecular complexity index is 560. The molecule has 0 aliphatic heterocycles. The molecular formula is C10H14N6O2.